The van der Waals surface area contributed by atoms with Crippen LogP contribution in [-0.2, 0) is 4.79 Å². The zero-order valence-electron chi connectivity index (χ0n) is 16.6. The first-order valence-electron chi connectivity index (χ1n) is 9.62. The molecular formula is C21H28FN3O2S. The summed E-state index contributed by atoms with van der Waals surface area (Å²) in [6, 6.07) is 7.59. The molecule has 0 aliphatic carbocycles. The zero-order chi connectivity index (χ0) is 20.4. The molecule has 1 amide bonds. The number of carbonyl (C=O) groups excluding carboxylic acids is 1. The van der Waals surface area contributed by atoms with Crippen LogP contribution in [0.4, 0.5) is 4.39 Å². The lowest BCUT2D eigenvalue weighted by molar-refractivity contribution is -0.117. The third-order valence-corrected chi connectivity index (χ3v) is 4.95. The number of nitrogens with zero attached hydrogens (tertiary/aromatic N) is 1. The summed E-state index contributed by atoms with van der Waals surface area (Å²) in [4.78, 5) is 17.8. The monoisotopic (exact) mass is 405 g/mol. The Labute approximate surface area is 170 Å². The number of thioether (sulfide) groups is 1. The number of aliphatic imine (C=N–C) groups is 1. The number of nitrogens with one attached hydrogen (secondary N) is 2. The number of amides is 1. The van der Waals surface area contributed by atoms with Crippen molar-refractivity contribution in [3.05, 3.63) is 47.9 Å². The fourth-order valence-electron chi connectivity index (χ4n) is 2.81. The van der Waals surface area contributed by atoms with Crippen molar-refractivity contribution in [1.29, 1.82) is 0 Å². The molecule has 0 unspecified atom stereocenters. The van der Waals surface area contributed by atoms with E-state index in [1.54, 1.807) is 17.8 Å². The first-order chi connectivity index (χ1) is 13.7. The molecule has 0 spiro atoms. The lowest BCUT2D eigenvalue weighted by Crippen LogP contribution is -2.44. The van der Waals surface area contributed by atoms with Gasteiger partial charge in [-0.1, -0.05) is 26.0 Å². The molecule has 0 aromatic heterocycles. The maximum absolute atomic E-state index is 13.7. The van der Waals surface area contributed by atoms with E-state index in [2.05, 4.69) is 15.6 Å². The van der Waals surface area contributed by atoms with Gasteiger partial charge in [-0.2, -0.15) is 0 Å². The number of piperidine rings is 1. The zero-order valence-corrected chi connectivity index (χ0v) is 17.4. The van der Waals surface area contributed by atoms with Crippen LogP contribution in [0.1, 0.15) is 33.1 Å². The van der Waals surface area contributed by atoms with E-state index in [1.807, 2.05) is 38.3 Å². The minimum absolute atomic E-state index is 0.0240. The van der Waals surface area contributed by atoms with E-state index in [0.29, 0.717) is 5.75 Å². The number of ether oxygens (including phenoxy) is 1. The average molecular weight is 406 g/mol. The number of benzene rings is 1. The summed E-state index contributed by atoms with van der Waals surface area (Å²) in [5.41, 5.74) is 0.266. The molecule has 1 saturated heterocycles. The highest BCUT2D eigenvalue weighted by Gasteiger charge is 2.23. The van der Waals surface area contributed by atoms with Gasteiger partial charge in [0.05, 0.1) is 11.8 Å². The Bertz CT molecular complexity index is 756. The largest absolute Gasteiger partial charge is 0.438 e. The van der Waals surface area contributed by atoms with Gasteiger partial charge in [-0.15, -0.1) is 11.8 Å². The van der Waals surface area contributed by atoms with Crippen LogP contribution in [0.25, 0.3) is 0 Å². The summed E-state index contributed by atoms with van der Waals surface area (Å²) in [6.45, 7) is 5.75. The molecule has 2 N–H and O–H groups in total. The Morgan fingerprint density at radius 1 is 1.32 bits per heavy atom. The third-order valence-electron chi connectivity index (χ3n) is 4.23. The van der Waals surface area contributed by atoms with Gasteiger partial charge in [0.25, 0.3) is 5.91 Å². The van der Waals surface area contributed by atoms with Crippen molar-refractivity contribution in [2.24, 2.45) is 4.99 Å². The topological polar surface area (TPSA) is 62.7 Å². The minimum Gasteiger partial charge on any atom is -0.438 e. The molecule has 28 heavy (non-hydrogen) atoms. The molecule has 0 saturated carbocycles. The second kappa shape index (κ2) is 11.7. The maximum Gasteiger partial charge on any atom is 0.256 e. The van der Waals surface area contributed by atoms with Crippen LogP contribution in [0.2, 0.25) is 0 Å². The van der Waals surface area contributed by atoms with Crippen LogP contribution in [0.15, 0.2) is 57.8 Å². The van der Waals surface area contributed by atoms with Gasteiger partial charge < -0.3 is 15.4 Å². The van der Waals surface area contributed by atoms with E-state index in [4.69, 9.17) is 4.74 Å². The predicted molar refractivity (Wildman–Crippen MR) is 114 cm³/mol. The van der Waals surface area contributed by atoms with Crippen molar-refractivity contribution in [1.82, 2.24) is 10.6 Å². The summed E-state index contributed by atoms with van der Waals surface area (Å²) < 4.78 is 19.5. The van der Waals surface area contributed by atoms with E-state index in [9.17, 15) is 9.18 Å². The van der Waals surface area contributed by atoms with Gasteiger partial charge >= 0.3 is 0 Å². The molecule has 152 valence electrons. The number of hydrogen-bond donors (Lipinski definition) is 2. The number of halogens is 1. The molecule has 7 heteroatoms. The molecule has 1 aromatic carbocycles. The van der Waals surface area contributed by atoms with E-state index >= 15 is 0 Å². The summed E-state index contributed by atoms with van der Waals surface area (Å²) in [7, 11) is 0. The van der Waals surface area contributed by atoms with Crippen LogP contribution < -0.4 is 15.4 Å². The fourth-order valence-corrected chi connectivity index (χ4v) is 3.26. The number of allylic oxidation sites excluding steroid dienone is 2. The second-order valence-electron chi connectivity index (χ2n) is 6.11. The standard InChI is InChI=1S/C19H22FN3O2S.C2H6/c1-26-16-4-2-3-15(11-16)25-19-17(6-5-13(20)12-22-19)18(24)23-14-7-9-21-10-8-14;1-2/h2-4,6,11-12,14,21H,5,7-10H2,1H3,(H,23,24);1-2H3. The summed E-state index contributed by atoms with van der Waals surface area (Å²) in [6.07, 6.45) is 6.37. The van der Waals surface area contributed by atoms with Crippen molar-refractivity contribution in [3.8, 4) is 5.75 Å². The third kappa shape index (κ3) is 6.49. The van der Waals surface area contributed by atoms with Crippen LogP contribution in [0.5, 0.6) is 5.75 Å². The Hall–Kier alpha value is -2.12. The summed E-state index contributed by atoms with van der Waals surface area (Å²) in [5, 5.41) is 6.27. The van der Waals surface area contributed by atoms with Crippen molar-refractivity contribution in [2.45, 2.75) is 44.0 Å². The molecule has 3 rings (SSSR count). The molecule has 0 atom stereocenters. The van der Waals surface area contributed by atoms with Gasteiger partial charge in [0.1, 0.15) is 11.6 Å². The Morgan fingerprint density at radius 3 is 2.79 bits per heavy atom. The number of carbonyl (C=O) groups is 1. The van der Waals surface area contributed by atoms with Gasteiger partial charge in [0, 0.05) is 17.4 Å². The predicted octanol–water partition coefficient (Wildman–Crippen LogP) is 4.22. The number of rotatable bonds is 4. The quantitative estimate of drug-likeness (QED) is 0.736. The molecule has 2 aliphatic rings. The second-order valence-corrected chi connectivity index (χ2v) is 6.99. The highest BCUT2D eigenvalue weighted by atomic mass is 32.2. The normalized spacial score (nSPS) is 17.2. The van der Waals surface area contributed by atoms with Crippen LogP contribution in [-0.4, -0.2) is 37.2 Å². The Morgan fingerprint density at radius 2 is 2.07 bits per heavy atom. The fraction of sp³-hybridized carbons (Fsp3) is 0.429. The Kier molecular flexibility index (Phi) is 9.23. The van der Waals surface area contributed by atoms with Crippen LogP contribution in [0.3, 0.4) is 0 Å². The molecule has 1 aromatic rings. The molecular weight excluding hydrogens is 377 g/mol. The van der Waals surface area contributed by atoms with Gasteiger partial charge in [-0.3, -0.25) is 4.79 Å². The first-order valence-corrected chi connectivity index (χ1v) is 10.8. The SMILES string of the molecule is CC.CSc1cccc(OC2=NC=C(F)CC=C2C(=O)NC2CCNCC2)c1. The van der Waals surface area contributed by atoms with Gasteiger partial charge in [-0.05, 0) is 50.4 Å². The van der Waals surface area contributed by atoms with Crippen LogP contribution >= 0.6 is 11.8 Å². The van der Waals surface area contributed by atoms with Crippen molar-refractivity contribution >= 4 is 23.6 Å². The first kappa shape index (κ1) is 22.2. The maximum atomic E-state index is 13.7. The van der Waals surface area contributed by atoms with Crippen LogP contribution in [0, 0.1) is 0 Å². The molecule has 0 bridgehead atoms. The lowest BCUT2D eigenvalue weighted by Gasteiger charge is -2.24. The summed E-state index contributed by atoms with van der Waals surface area (Å²) >= 11 is 1.59. The van der Waals surface area contributed by atoms with Gasteiger partial charge in [0.15, 0.2) is 0 Å². The van der Waals surface area contributed by atoms with Crippen molar-refractivity contribution in [3.63, 3.8) is 0 Å². The molecule has 5 nitrogen and oxygen atoms in total. The van der Waals surface area contributed by atoms with E-state index in [-0.39, 0.29) is 29.8 Å². The lowest BCUT2D eigenvalue weighted by atomic mass is 10.1. The van der Waals surface area contributed by atoms with Crippen molar-refractivity contribution in [2.75, 3.05) is 19.3 Å². The van der Waals surface area contributed by atoms with Gasteiger partial charge in [-0.25, -0.2) is 9.38 Å². The minimum atomic E-state index is -0.409. The molecule has 0 radical (unpaired) electrons. The highest BCUT2D eigenvalue weighted by molar-refractivity contribution is 7.98. The smallest absolute Gasteiger partial charge is 0.256 e. The molecule has 2 heterocycles. The van der Waals surface area contributed by atoms with E-state index < -0.39 is 5.83 Å². The van der Waals surface area contributed by atoms with Gasteiger partial charge in [0.2, 0.25) is 5.90 Å². The average Bonchev–Trinajstić information content (AvgIpc) is 2.92. The molecule has 2 aliphatic heterocycles. The molecule has 1 fully saturated rings. The van der Waals surface area contributed by atoms with E-state index in [0.717, 1.165) is 37.0 Å². The Balaban J connectivity index is 0.00000136. The van der Waals surface area contributed by atoms with E-state index in [1.165, 1.54) is 6.08 Å². The summed E-state index contributed by atoms with van der Waals surface area (Å²) in [5.74, 6) is -0.0115. The highest BCUT2D eigenvalue weighted by Crippen LogP contribution is 2.23. The number of hydrogen-bond acceptors (Lipinski definition) is 5. The van der Waals surface area contributed by atoms with Crippen molar-refractivity contribution < 1.29 is 13.9 Å².